The number of benzene rings is 2. The van der Waals surface area contributed by atoms with Gasteiger partial charge in [-0.05, 0) is 17.2 Å². The van der Waals surface area contributed by atoms with Gasteiger partial charge < -0.3 is 0 Å². The minimum atomic E-state index is 0.874. The van der Waals surface area contributed by atoms with Crippen LogP contribution in [0.15, 0.2) is 60.8 Å². The van der Waals surface area contributed by atoms with Crippen molar-refractivity contribution in [2.24, 2.45) is 0 Å². The average Bonchev–Trinajstić information content (AvgIpc) is 2.47. The molecule has 0 amide bonds. The van der Waals surface area contributed by atoms with Gasteiger partial charge in [-0.2, -0.15) is 0 Å². The molecule has 2 heteroatoms. The Bertz CT molecular complexity index is 686. The number of rotatable bonds is 2. The molecule has 1 aromatic heterocycles. The van der Waals surface area contributed by atoms with E-state index in [0.29, 0.717) is 0 Å². The number of hydrogen-bond acceptors (Lipinski definition) is 1. The van der Waals surface area contributed by atoms with Gasteiger partial charge in [0, 0.05) is 22.5 Å². The average molecular weight is 298 g/mol. The van der Waals surface area contributed by atoms with Gasteiger partial charge in [-0.25, -0.2) is 0 Å². The lowest BCUT2D eigenvalue weighted by Crippen LogP contribution is -1.85. The molecule has 0 aliphatic rings. The lowest BCUT2D eigenvalue weighted by atomic mass is 10.0. The van der Waals surface area contributed by atoms with Crippen molar-refractivity contribution >= 4 is 26.8 Å². The molecule has 3 rings (SSSR count). The van der Waals surface area contributed by atoms with Gasteiger partial charge in [0.25, 0.3) is 0 Å². The second-order valence-electron chi connectivity index (χ2n) is 4.21. The third-order valence-electron chi connectivity index (χ3n) is 3.03. The summed E-state index contributed by atoms with van der Waals surface area (Å²) in [6.07, 6.45) is 1.85. The highest BCUT2D eigenvalue weighted by Crippen LogP contribution is 2.27. The Balaban J connectivity index is 2.24. The minimum absolute atomic E-state index is 0.874. The molecule has 0 radical (unpaired) electrons. The summed E-state index contributed by atoms with van der Waals surface area (Å²) < 4.78 is 0. The Morgan fingerprint density at radius 1 is 0.944 bits per heavy atom. The van der Waals surface area contributed by atoms with Crippen LogP contribution in [0.25, 0.3) is 22.0 Å². The summed E-state index contributed by atoms with van der Waals surface area (Å²) in [6.45, 7) is 0. The second kappa shape index (κ2) is 4.91. The first-order chi connectivity index (χ1) is 8.88. The maximum absolute atomic E-state index is 4.50. The molecule has 2 aromatic carbocycles. The molecule has 88 valence electrons. The smallest absolute Gasteiger partial charge is 0.0780 e. The molecular formula is C16H12BrN. The van der Waals surface area contributed by atoms with Gasteiger partial charge in [-0.1, -0.05) is 64.5 Å². The maximum Gasteiger partial charge on any atom is 0.0780 e. The van der Waals surface area contributed by atoms with Crippen LogP contribution in [0.5, 0.6) is 0 Å². The van der Waals surface area contributed by atoms with Gasteiger partial charge in [0.2, 0.25) is 0 Å². The van der Waals surface area contributed by atoms with Crippen molar-refractivity contribution in [2.75, 3.05) is 0 Å². The van der Waals surface area contributed by atoms with Crippen molar-refractivity contribution in [3.05, 3.63) is 66.4 Å². The summed E-state index contributed by atoms with van der Waals surface area (Å²) >= 11 is 3.50. The van der Waals surface area contributed by atoms with Crippen LogP contribution >= 0.6 is 15.9 Å². The maximum atomic E-state index is 4.50. The first kappa shape index (κ1) is 11.4. The van der Waals surface area contributed by atoms with E-state index in [1.165, 1.54) is 22.1 Å². The zero-order valence-electron chi connectivity index (χ0n) is 9.81. The predicted molar refractivity (Wildman–Crippen MR) is 79.8 cm³/mol. The molecule has 3 aromatic rings. The fourth-order valence-electron chi connectivity index (χ4n) is 2.16. The number of alkyl halides is 1. The van der Waals surface area contributed by atoms with Crippen LogP contribution in [-0.4, -0.2) is 4.98 Å². The highest BCUT2D eigenvalue weighted by Gasteiger charge is 2.04. The number of aromatic nitrogens is 1. The quantitative estimate of drug-likeness (QED) is 0.619. The van der Waals surface area contributed by atoms with Crippen molar-refractivity contribution in [1.82, 2.24) is 4.98 Å². The summed E-state index contributed by atoms with van der Waals surface area (Å²) in [5.41, 5.74) is 4.75. The Kier molecular flexibility index (Phi) is 3.11. The van der Waals surface area contributed by atoms with E-state index in [4.69, 9.17) is 0 Å². The van der Waals surface area contributed by atoms with Crippen LogP contribution in [0.3, 0.4) is 0 Å². The van der Waals surface area contributed by atoms with Crippen LogP contribution < -0.4 is 0 Å². The van der Waals surface area contributed by atoms with Gasteiger partial charge in [0.1, 0.15) is 0 Å². The number of halogens is 1. The van der Waals surface area contributed by atoms with Crippen molar-refractivity contribution in [3.63, 3.8) is 0 Å². The predicted octanol–water partition coefficient (Wildman–Crippen LogP) is 4.80. The minimum Gasteiger partial charge on any atom is -0.256 e. The Hall–Kier alpha value is -1.67. The van der Waals surface area contributed by atoms with Gasteiger partial charge in [0.15, 0.2) is 0 Å². The first-order valence-corrected chi connectivity index (χ1v) is 6.99. The standard InChI is InChI=1S/C16H12BrN/c17-11-12-4-1-6-14(10-12)15-8-2-5-13-7-3-9-18-16(13)15/h1-10H,11H2. The van der Waals surface area contributed by atoms with Gasteiger partial charge >= 0.3 is 0 Å². The SMILES string of the molecule is BrCc1cccc(-c2cccc3cccnc23)c1. The highest BCUT2D eigenvalue weighted by atomic mass is 79.9. The van der Waals surface area contributed by atoms with Crippen LogP contribution in [0.1, 0.15) is 5.56 Å². The third-order valence-corrected chi connectivity index (χ3v) is 3.67. The highest BCUT2D eigenvalue weighted by molar-refractivity contribution is 9.08. The summed E-state index contributed by atoms with van der Waals surface area (Å²) in [7, 11) is 0. The van der Waals surface area contributed by atoms with E-state index in [9.17, 15) is 0 Å². The molecule has 0 aliphatic heterocycles. The molecule has 0 spiro atoms. The third kappa shape index (κ3) is 2.04. The normalized spacial score (nSPS) is 10.7. The summed E-state index contributed by atoms with van der Waals surface area (Å²) in [5, 5.41) is 2.05. The lowest BCUT2D eigenvalue weighted by molar-refractivity contribution is 1.40. The topological polar surface area (TPSA) is 12.9 Å². The van der Waals surface area contributed by atoms with E-state index in [-0.39, 0.29) is 0 Å². The van der Waals surface area contributed by atoms with E-state index in [2.05, 4.69) is 69.4 Å². The molecule has 0 aliphatic carbocycles. The molecule has 0 atom stereocenters. The van der Waals surface area contributed by atoms with Gasteiger partial charge in [-0.3, -0.25) is 4.98 Å². The first-order valence-electron chi connectivity index (χ1n) is 5.87. The van der Waals surface area contributed by atoms with Gasteiger partial charge in [0.05, 0.1) is 5.52 Å². The van der Waals surface area contributed by atoms with E-state index >= 15 is 0 Å². The molecule has 0 N–H and O–H groups in total. The number of pyridine rings is 1. The van der Waals surface area contributed by atoms with Crippen LogP contribution in [0.2, 0.25) is 0 Å². The molecule has 0 bridgehead atoms. The van der Waals surface area contributed by atoms with Gasteiger partial charge in [-0.15, -0.1) is 0 Å². The number of hydrogen-bond donors (Lipinski definition) is 0. The molecule has 0 saturated carbocycles. The number of para-hydroxylation sites is 1. The monoisotopic (exact) mass is 297 g/mol. The zero-order valence-corrected chi connectivity index (χ0v) is 11.4. The Morgan fingerprint density at radius 3 is 2.67 bits per heavy atom. The van der Waals surface area contributed by atoms with E-state index in [1.54, 1.807) is 0 Å². The largest absolute Gasteiger partial charge is 0.256 e. The van der Waals surface area contributed by atoms with Crippen molar-refractivity contribution in [3.8, 4) is 11.1 Å². The molecule has 0 saturated heterocycles. The van der Waals surface area contributed by atoms with Crippen LogP contribution in [0.4, 0.5) is 0 Å². The van der Waals surface area contributed by atoms with Crippen molar-refractivity contribution < 1.29 is 0 Å². The molecular weight excluding hydrogens is 286 g/mol. The molecule has 0 unspecified atom stereocenters. The summed E-state index contributed by atoms with van der Waals surface area (Å²) in [6, 6.07) is 18.9. The molecule has 18 heavy (non-hydrogen) atoms. The Morgan fingerprint density at radius 2 is 1.78 bits per heavy atom. The summed E-state index contributed by atoms with van der Waals surface area (Å²) in [5.74, 6) is 0. The van der Waals surface area contributed by atoms with E-state index in [0.717, 1.165) is 10.8 Å². The van der Waals surface area contributed by atoms with Crippen LogP contribution in [0, 0.1) is 0 Å². The zero-order chi connectivity index (χ0) is 12.4. The van der Waals surface area contributed by atoms with E-state index in [1.807, 2.05) is 12.3 Å². The van der Waals surface area contributed by atoms with Crippen LogP contribution in [-0.2, 0) is 5.33 Å². The lowest BCUT2D eigenvalue weighted by Gasteiger charge is -2.07. The molecule has 1 nitrogen and oxygen atoms in total. The van der Waals surface area contributed by atoms with E-state index < -0.39 is 0 Å². The van der Waals surface area contributed by atoms with Crippen molar-refractivity contribution in [2.45, 2.75) is 5.33 Å². The molecule has 0 fully saturated rings. The Labute approximate surface area is 115 Å². The number of fused-ring (bicyclic) bond motifs is 1. The second-order valence-corrected chi connectivity index (χ2v) is 4.78. The number of nitrogens with zero attached hydrogens (tertiary/aromatic N) is 1. The fourth-order valence-corrected chi connectivity index (χ4v) is 2.51. The summed E-state index contributed by atoms with van der Waals surface area (Å²) in [4.78, 5) is 4.50. The fraction of sp³-hybridized carbons (Fsp3) is 0.0625. The van der Waals surface area contributed by atoms with Crippen molar-refractivity contribution in [1.29, 1.82) is 0 Å². The molecule has 1 heterocycles.